The summed E-state index contributed by atoms with van der Waals surface area (Å²) in [5.74, 6) is -0.521. The van der Waals surface area contributed by atoms with Crippen LogP contribution in [-0.4, -0.2) is 30.4 Å². The molecule has 0 bridgehead atoms. The predicted molar refractivity (Wildman–Crippen MR) is 67.6 cm³/mol. The van der Waals surface area contributed by atoms with E-state index in [-0.39, 0.29) is 5.56 Å². The molecular weight excluding hydrogens is 244 g/mol. The number of aromatic carboxylic acids is 1. The highest BCUT2D eigenvalue weighted by molar-refractivity contribution is 5.91. The van der Waals surface area contributed by atoms with Crippen LogP contribution in [0.3, 0.4) is 0 Å². The van der Waals surface area contributed by atoms with Crippen molar-refractivity contribution in [3.8, 4) is 11.5 Å². The third-order valence-electron chi connectivity index (χ3n) is 2.73. The van der Waals surface area contributed by atoms with E-state index in [1.807, 2.05) is 12.1 Å². The van der Waals surface area contributed by atoms with Crippen molar-refractivity contribution < 1.29 is 9.90 Å². The Morgan fingerprint density at radius 3 is 2.47 bits per heavy atom. The largest absolute Gasteiger partial charge is 0.477 e. The third kappa shape index (κ3) is 1.89. The van der Waals surface area contributed by atoms with Crippen LogP contribution in [0.4, 0.5) is 0 Å². The molecule has 0 aliphatic rings. The van der Waals surface area contributed by atoms with Gasteiger partial charge in [-0.3, -0.25) is 4.98 Å². The van der Waals surface area contributed by atoms with Gasteiger partial charge in [0.2, 0.25) is 0 Å². The Kier molecular flexibility index (Phi) is 2.60. The number of nitrogens with zero attached hydrogens (tertiary/aromatic N) is 4. The highest BCUT2D eigenvalue weighted by atomic mass is 16.4. The first-order chi connectivity index (χ1) is 9.27. The SMILES string of the molecule is O=C(O)c1cnn(-c2ccncc2)c1-n1cccc1. The van der Waals surface area contributed by atoms with Crippen molar-refractivity contribution in [2.45, 2.75) is 0 Å². The van der Waals surface area contributed by atoms with Crippen molar-refractivity contribution in [1.29, 1.82) is 0 Å². The quantitative estimate of drug-likeness (QED) is 0.772. The van der Waals surface area contributed by atoms with Crippen LogP contribution in [0.5, 0.6) is 0 Å². The summed E-state index contributed by atoms with van der Waals surface area (Å²) in [4.78, 5) is 15.2. The van der Waals surface area contributed by atoms with Gasteiger partial charge < -0.3 is 9.67 Å². The topological polar surface area (TPSA) is 72.9 Å². The van der Waals surface area contributed by atoms with Crippen molar-refractivity contribution >= 4 is 5.97 Å². The molecule has 3 rings (SSSR count). The average Bonchev–Trinajstić information content (AvgIpc) is 3.08. The molecule has 0 aliphatic heterocycles. The van der Waals surface area contributed by atoms with E-state index < -0.39 is 5.97 Å². The Hall–Kier alpha value is -2.89. The molecule has 0 saturated heterocycles. The molecule has 1 N–H and O–H groups in total. The number of aromatic nitrogens is 4. The minimum absolute atomic E-state index is 0.146. The number of pyridine rings is 1. The standard InChI is InChI=1S/C13H10N4O2/c18-13(19)11-9-15-17(10-3-5-14-6-4-10)12(11)16-7-1-2-8-16/h1-9H,(H,18,19). The lowest BCUT2D eigenvalue weighted by molar-refractivity contribution is 0.0697. The molecule has 19 heavy (non-hydrogen) atoms. The van der Waals surface area contributed by atoms with E-state index in [9.17, 15) is 9.90 Å². The summed E-state index contributed by atoms with van der Waals surface area (Å²) in [6.07, 6.45) is 8.17. The van der Waals surface area contributed by atoms with Gasteiger partial charge in [0.25, 0.3) is 0 Å². The van der Waals surface area contributed by atoms with Crippen LogP contribution >= 0.6 is 0 Å². The zero-order valence-electron chi connectivity index (χ0n) is 9.84. The molecule has 0 atom stereocenters. The van der Waals surface area contributed by atoms with Gasteiger partial charge in [0.1, 0.15) is 5.56 Å². The van der Waals surface area contributed by atoms with E-state index in [1.165, 1.54) is 6.20 Å². The molecule has 0 aromatic carbocycles. The van der Waals surface area contributed by atoms with E-state index in [0.717, 1.165) is 5.69 Å². The van der Waals surface area contributed by atoms with E-state index in [4.69, 9.17) is 0 Å². The molecule has 3 aromatic rings. The van der Waals surface area contributed by atoms with E-state index in [0.29, 0.717) is 5.82 Å². The van der Waals surface area contributed by atoms with Crippen LogP contribution in [0.2, 0.25) is 0 Å². The molecule has 0 unspecified atom stereocenters. The number of hydrogen-bond acceptors (Lipinski definition) is 3. The molecule has 0 spiro atoms. The van der Waals surface area contributed by atoms with Gasteiger partial charge in [-0.1, -0.05) is 0 Å². The lowest BCUT2D eigenvalue weighted by Gasteiger charge is -2.09. The summed E-state index contributed by atoms with van der Waals surface area (Å²) in [5, 5.41) is 13.4. The Bertz CT molecular complexity index is 702. The second-order valence-electron chi connectivity index (χ2n) is 3.89. The van der Waals surface area contributed by atoms with Gasteiger partial charge in [-0.15, -0.1) is 0 Å². The highest BCUT2D eigenvalue weighted by Gasteiger charge is 2.18. The van der Waals surface area contributed by atoms with Crippen LogP contribution in [0.15, 0.2) is 55.2 Å². The Labute approximate surface area is 108 Å². The smallest absolute Gasteiger partial charge is 0.341 e. The Morgan fingerprint density at radius 1 is 1.16 bits per heavy atom. The molecule has 0 saturated carbocycles. The van der Waals surface area contributed by atoms with Crippen LogP contribution in [0.1, 0.15) is 10.4 Å². The minimum atomic E-state index is -1.01. The first-order valence-corrected chi connectivity index (χ1v) is 5.62. The first kappa shape index (κ1) is 11.2. The molecule has 3 aromatic heterocycles. The van der Waals surface area contributed by atoms with Crippen LogP contribution in [-0.2, 0) is 0 Å². The second-order valence-corrected chi connectivity index (χ2v) is 3.89. The maximum absolute atomic E-state index is 11.3. The number of carboxylic acid groups (broad SMARTS) is 1. The molecule has 6 heteroatoms. The summed E-state index contributed by atoms with van der Waals surface area (Å²) in [6.45, 7) is 0. The zero-order chi connectivity index (χ0) is 13.2. The maximum Gasteiger partial charge on any atom is 0.341 e. The fourth-order valence-electron chi connectivity index (χ4n) is 1.89. The zero-order valence-corrected chi connectivity index (χ0v) is 9.84. The monoisotopic (exact) mass is 254 g/mol. The van der Waals surface area contributed by atoms with Crippen molar-refractivity contribution in [3.63, 3.8) is 0 Å². The lowest BCUT2D eigenvalue weighted by Crippen LogP contribution is -2.08. The van der Waals surface area contributed by atoms with Gasteiger partial charge >= 0.3 is 5.97 Å². The van der Waals surface area contributed by atoms with Gasteiger partial charge in [-0.05, 0) is 24.3 Å². The lowest BCUT2D eigenvalue weighted by atomic mass is 10.3. The van der Waals surface area contributed by atoms with Crippen LogP contribution in [0.25, 0.3) is 11.5 Å². The van der Waals surface area contributed by atoms with E-state index in [2.05, 4.69) is 10.1 Å². The molecule has 3 heterocycles. The predicted octanol–water partition coefficient (Wildman–Crippen LogP) is 1.76. The fraction of sp³-hybridized carbons (Fsp3) is 0. The maximum atomic E-state index is 11.3. The van der Waals surface area contributed by atoms with Crippen molar-refractivity contribution in [3.05, 3.63) is 60.8 Å². The fourth-order valence-corrected chi connectivity index (χ4v) is 1.89. The second kappa shape index (κ2) is 4.41. The summed E-state index contributed by atoms with van der Waals surface area (Å²) >= 11 is 0. The van der Waals surface area contributed by atoms with Crippen molar-refractivity contribution in [1.82, 2.24) is 19.3 Å². The minimum Gasteiger partial charge on any atom is -0.477 e. The normalized spacial score (nSPS) is 10.5. The molecule has 0 radical (unpaired) electrons. The van der Waals surface area contributed by atoms with E-state index >= 15 is 0 Å². The third-order valence-corrected chi connectivity index (χ3v) is 2.73. The van der Waals surface area contributed by atoms with Crippen molar-refractivity contribution in [2.75, 3.05) is 0 Å². The number of carboxylic acids is 1. The molecule has 0 amide bonds. The van der Waals surface area contributed by atoms with Crippen LogP contribution in [0, 0.1) is 0 Å². The Balaban J connectivity index is 2.24. The van der Waals surface area contributed by atoms with Gasteiger partial charge in [0.15, 0.2) is 5.82 Å². The number of rotatable bonds is 3. The molecule has 0 aliphatic carbocycles. The van der Waals surface area contributed by atoms with Crippen LogP contribution < -0.4 is 0 Å². The van der Waals surface area contributed by atoms with Gasteiger partial charge in [-0.25, -0.2) is 9.48 Å². The molecule has 94 valence electrons. The van der Waals surface area contributed by atoms with E-state index in [1.54, 1.807) is 46.2 Å². The highest BCUT2D eigenvalue weighted by Crippen LogP contribution is 2.19. The van der Waals surface area contributed by atoms with Gasteiger partial charge in [0.05, 0.1) is 11.9 Å². The van der Waals surface area contributed by atoms with Crippen molar-refractivity contribution in [2.24, 2.45) is 0 Å². The Morgan fingerprint density at radius 2 is 1.84 bits per heavy atom. The summed E-state index contributed by atoms with van der Waals surface area (Å²) < 4.78 is 3.29. The molecular formula is C13H10N4O2. The first-order valence-electron chi connectivity index (χ1n) is 5.62. The number of hydrogen-bond donors (Lipinski definition) is 1. The molecule has 6 nitrogen and oxygen atoms in total. The summed E-state index contributed by atoms with van der Waals surface area (Å²) in [6, 6.07) is 7.20. The summed E-state index contributed by atoms with van der Waals surface area (Å²) in [5.41, 5.74) is 0.902. The van der Waals surface area contributed by atoms with Gasteiger partial charge in [0, 0.05) is 24.8 Å². The average molecular weight is 254 g/mol. The number of carbonyl (C=O) groups is 1. The summed E-state index contributed by atoms with van der Waals surface area (Å²) in [7, 11) is 0. The molecule has 0 fully saturated rings. The van der Waals surface area contributed by atoms with Gasteiger partial charge in [-0.2, -0.15) is 5.10 Å².